The van der Waals surface area contributed by atoms with E-state index in [-0.39, 0.29) is 12.2 Å². The Kier molecular flexibility index (Phi) is 7.51. The molecule has 2 aliphatic rings. The van der Waals surface area contributed by atoms with Crippen molar-refractivity contribution in [3.63, 3.8) is 0 Å². The molecule has 0 unspecified atom stereocenters. The van der Waals surface area contributed by atoms with Crippen LogP contribution in [-0.2, 0) is 9.53 Å². The number of allylic oxidation sites excluding steroid dienone is 1. The van der Waals surface area contributed by atoms with Gasteiger partial charge in [-0.15, -0.1) is 0 Å². The average molecular weight is 531 g/mol. The molecule has 5 rings (SSSR count). The minimum absolute atomic E-state index is 0.162. The van der Waals surface area contributed by atoms with Crippen molar-refractivity contribution < 1.29 is 9.53 Å². The zero-order chi connectivity index (χ0) is 26.8. The van der Waals surface area contributed by atoms with Crippen molar-refractivity contribution in [3.8, 4) is 0 Å². The van der Waals surface area contributed by atoms with E-state index in [1.54, 1.807) is 11.5 Å². The molecule has 2 aromatic carbocycles. The first-order valence-corrected chi connectivity index (χ1v) is 14.0. The lowest BCUT2D eigenvalue weighted by molar-refractivity contribution is -0.139. The molecule has 0 bridgehead atoms. The van der Waals surface area contributed by atoms with Crippen molar-refractivity contribution in [2.75, 3.05) is 43.6 Å². The van der Waals surface area contributed by atoms with E-state index >= 15 is 0 Å². The van der Waals surface area contributed by atoms with Crippen LogP contribution in [0.4, 0.5) is 11.4 Å². The van der Waals surface area contributed by atoms with Gasteiger partial charge in [0.15, 0.2) is 4.80 Å². The third-order valence-electron chi connectivity index (χ3n) is 7.15. The molecule has 0 radical (unpaired) electrons. The Morgan fingerprint density at radius 3 is 2.39 bits per heavy atom. The van der Waals surface area contributed by atoms with Crippen molar-refractivity contribution in [1.29, 1.82) is 0 Å². The number of piperidine rings is 1. The molecule has 38 heavy (non-hydrogen) atoms. The van der Waals surface area contributed by atoms with Crippen molar-refractivity contribution in [2.24, 2.45) is 4.99 Å². The van der Waals surface area contributed by atoms with Gasteiger partial charge in [-0.25, -0.2) is 9.79 Å². The summed E-state index contributed by atoms with van der Waals surface area (Å²) in [5, 5.41) is 0. The van der Waals surface area contributed by atoms with Crippen LogP contribution < -0.4 is 24.7 Å². The lowest BCUT2D eigenvalue weighted by Gasteiger charge is -2.28. The molecule has 1 saturated heterocycles. The third kappa shape index (κ3) is 5.05. The Labute approximate surface area is 227 Å². The van der Waals surface area contributed by atoms with Gasteiger partial charge in [-0.05, 0) is 74.6 Å². The molecule has 0 spiro atoms. The Morgan fingerprint density at radius 2 is 1.76 bits per heavy atom. The van der Waals surface area contributed by atoms with Crippen LogP contribution >= 0.6 is 11.3 Å². The summed E-state index contributed by atoms with van der Waals surface area (Å²) in [7, 11) is 3.95. The van der Waals surface area contributed by atoms with Gasteiger partial charge < -0.3 is 14.5 Å². The fourth-order valence-electron chi connectivity index (χ4n) is 5.15. The van der Waals surface area contributed by atoms with E-state index in [0.29, 0.717) is 20.6 Å². The van der Waals surface area contributed by atoms with Crippen LogP contribution in [-0.4, -0.2) is 44.3 Å². The number of carbonyl (C=O) groups is 1. The Balaban J connectivity index is 1.58. The van der Waals surface area contributed by atoms with Crippen LogP contribution in [0.1, 0.15) is 50.3 Å². The predicted molar refractivity (Wildman–Crippen MR) is 154 cm³/mol. The van der Waals surface area contributed by atoms with Gasteiger partial charge in [0.05, 0.1) is 28.5 Å². The summed E-state index contributed by atoms with van der Waals surface area (Å²) < 4.78 is 7.62. The van der Waals surface area contributed by atoms with Gasteiger partial charge >= 0.3 is 5.97 Å². The molecule has 8 heteroatoms. The summed E-state index contributed by atoms with van der Waals surface area (Å²) in [4.78, 5) is 36.6. The van der Waals surface area contributed by atoms with E-state index in [9.17, 15) is 9.59 Å². The van der Waals surface area contributed by atoms with E-state index < -0.39 is 12.0 Å². The van der Waals surface area contributed by atoms with Crippen LogP contribution in [0.5, 0.6) is 0 Å². The van der Waals surface area contributed by atoms with E-state index in [4.69, 9.17) is 4.74 Å². The predicted octanol–water partition coefficient (Wildman–Crippen LogP) is 3.85. The van der Waals surface area contributed by atoms with Crippen LogP contribution in [0.25, 0.3) is 6.08 Å². The number of hydrogen-bond acceptors (Lipinski definition) is 7. The molecule has 2 aliphatic heterocycles. The topological polar surface area (TPSA) is 67.1 Å². The second-order valence-corrected chi connectivity index (χ2v) is 10.9. The number of hydrogen-bond donors (Lipinski definition) is 0. The van der Waals surface area contributed by atoms with Crippen molar-refractivity contribution in [3.05, 3.63) is 90.6 Å². The van der Waals surface area contributed by atoms with E-state index in [1.165, 1.54) is 36.3 Å². The molecule has 198 valence electrons. The molecule has 0 amide bonds. The zero-order valence-electron chi connectivity index (χ0n) is 22.4. The fraction of sp³-hybridized carbons (Fsp3) is 0.367. The van der Waals surface area contributed by atoms with E-state index in [1.807, 2.05) is 56.3 Å². The summed E-state index contributed by atoms with van der Waals surface area (Å²) in [6, 6.07) is 15.7. The van der Waals surface area contributed by atoms with Crippen molar-refractivity contribution in [1.82, 2.24) is 4.57 Å². The molecular formula is C30H34N4O3S. The van der Waals surface area contributed by atoms with E-state index in [2.05, 4.69) is 34.2 Å². The Bertz CT molecular complexity index is 1530. The quantitative estimate of drug-likeness (QED) is 0.453. The monoisotopic (exact) mass is 530 g/mol. The molecular weight excluding hydrogens is 496 g/mol. The van der Waals surface area contributed by atoms with Gasteiger partial charge in [0.1, 0.15) is 0 Å². The minimum Gasteiger partial charge on any atom is -0.463 e. The van der Waals surface area contributed by atoms with Gasteiger partial charge in [0.2, 0.25) is 0 Å². The number of fused-ring (bicyclic) bond motifs is 1. The van der Waals surface area contributed by atoms with Crippen LogP contribution in [0, 0.1) is 0 Å². The number of esters is 1. The first-order valence-electron chi connectivity index (χ1n) is 13.2. The zero-order valence-corrected chi connectivity index (χ0v) is 23.3. The number of aromatic nitrogens is 1. The molecule has 0 N–H and O–H groups in total. The first-order chi connectivity index (χ1) is 18.4. The summed E-state index contributed by atoms with van der Waals surface area (Å²) in [5.41, 5.74) is 4.87. The average Bonchev–Trinajstić information content (AvgIpc) is 3.23. The highest BCUT2D eigenvalue weighted by Crippen LogP contribution is 2.31. The van der Waals surface area contributed by atoms with Crippen LogP contribution in [0.3, 0.4) is 0 Å². The molecule has 0 aliphatic carbocycles. The highest BCUT2D eigenvalue weighted by atomic mass is 32.1. The number of rotatable bonds is 6. The summed E-state index contributed by atoms with van der Waals surface area (Å²) in [5.74, 6) is -0.446. The highest BCUT2D eigenvalue weighted by molar-refractivity contribution is 7.07. The second-order valence-electron chi connectivity index (χ2n) is 9.93. The molecule has 1 aromatic heterocycles. The van der Waals surface area contributed by atoms with Gasteiger partial charge in [-0.1, -0.05) is 35.6 Å². The van der Waals surface area contributed by atoms with E-state index in [0.717, 1.165) is 29.9 Å². The smallest absolute Gasteiger partial charge is 0.338 e. The number of ether oxygens (including phenoxy) is 1. The van der Waals surface area contributed by atoms with Gasteiger partial charge in [-0.3, -0.25) is 9.36 Å². The number of nitrogens with zero attached hydrogens (tertiary/aromatic N) is 4. The first kappa shape index (κ1) is 26.0. The van der Waals surface area contributed by atoms with Crippen molar-refractivity contribution >= 4 is 34.8 Å². The third-order valence-corrected chi connectivity index (χ3v) is 8.14. The fourth-order valence-corrected chi connectivity index (χ4v) is 6.19. The lowest BCUT2D eigenvalue weighted by atomic mass is 9.95. The van der Waals surface area contributed by atoms with Crippen molar-refractivity contribution in [2.45, 2.75) is 39.2 Å². The second kappa shape index (κ2) is 11.0. The minimum atomic E-state index is -0.606. The number of anilines is 2. The molecule has 3 heterocycles. The van der Waals surface area contributed by atoms with Gasteiger partial charge in [0, 0.05) is 38.6 Å². The number of carbonyl (C=O) groups excluding carboxylic acids is 1. The number of benzene rings is 2. The summed E-state index contributed by atoms with van der Waals surface area (Å²) >= 11 is 1.35. The highest BCUT2D eigenvalue weighted by Gasteiger charge is 2.33. The Morgan fingerprint density at radius 1 is 1.08 bits per heavy atom. The summed E-state index contributed by atoms with van der Waals surface area (Å²) in [6.45, 7) is 6.02. The molecule has 1 fully saturated rings. The Hall–Kier alpha value is -3.65. The number of thiazole rings is 1. The van der Waals surface area contributed by atoms with Gasteiger partial charge in [0.25, 0.3) is 5.56 Å². The normalized spacial score (nSPS) is 17.7. The maximum absolute atomic E-state index is 13.8. The largest absolute Gasteiger partial charge is 0.463 e. The lowest BCUT2D eigenvalue weighted by Crippen LogP contribution is -2.39. The molecule has 0 saturated carbocycles. The maximum Gasteiger partial charge on any atom is 0.338 e. The standard InChI is InChI=1S/C30H34N4O3S/c1-5-37-29(36)26-20(2)31-30-34(27(26)22-11-15-23(16-12-22)32(3)4)28(35)25(38-30)19-21-9-13-24(14-10-21)33-17-7-6-8-18-33/h9-16,19,27H,5-8,17-18H2,1-4H3/b25-19+/t27-/m0/s1. The van der Waals surface area contributed by atoms with Gasteiger partial charge in [-0.2, -0.15) is 0 Å². The molecule has 1 atom stereocenters. The van der Waals surface area contributed by atoms with Crippen LogP contribution in [0.15, 0.2) is 69.6 Å². The van der Waals surface area contributed by atoms with Crippen LogP contribution in [0.2, 0.25) is 0 Å². The molecule has 3 aromatic rings. The summed E-state index contributed by atoms with van der Waals surface area (Å²) in [6.07, 6.45) is 5.68. The maximum atomic E-state index is 13.8. The SMILES string of the molecule is CCOC(=O)C1=C(C)N=c2s/c(=C/c3ccc(N4CCCCC4)cc3)c(=O)n2[C@H]1c1ccc(N(C)C)cc1. The molecule has 7 nitrogen and oxygen atoms in total.